The second-order valence-corrected chi connectivity index (χ2v) is 6.00. The number of anilines is 1. The van der Waals surface area contributed by atoms with E-state index in [1.54, 1.807) is 18.3 Å². The molecule has 0 aliphatic carbocycles. The first kappa shape index (κ1) is 16.7. The van der Waals surface area contributed by atoms with Gasteiger partial charge in [-0.15, -0.1) is 0 Å². The number of carbonyl (C=O) groups excluding carboxylic acids is 2. The topological polar surface area (TPSA) is 92.8 Å². The van der Waals surface area contributed by atoms with Gasteiger partial charge in [-0.3, -0.25) is 14.5 Å². The van der Waals surface area contributed by atoms with Gasteiger partial charge in [0.15, 0.2) is 11.6 Å². The molecule has 1 atom stereocenters. The van der Waals surface area contributed by atoms with Crippen molar-refractivity contribution in [1.82, 2.24) is 15.2 Å². The van der Waals surface area contributed by atoms with Crippen LogP contribution < -0.4 is 15.4 Å². The summed E-state index contributed by atoms with van der Waals surface area (Å²) < 4.78 is 10.9. The lowest BCUT2D eigenvalue weighted by molar-refractivity contribution is -0.146. The number of ether oxygens (including phenoxy) is 2. The minimum absolute atomic E-state index is 0.333. The maximum Gasteiger partial charge on any atom is 0.279 e. The monoisotopic (exact) mass is 334 g/mol. The van der Waals surface area contributed by atoms with Crippen molar-refractivity contribution in [2.45, 2.75) is 18.9 Å². The summed E-state index contributed by atoms with van der Waals surface area (Å²) in [6.45, 7) is 6.19. The van der Waals surface area contributed by atoms with E-state index in [0.29, 0.717) is 18.1 Å². The normalized spacial score (nSPS) is 23.8. The lowest BCUT2D eigenvalue weighted by atomic mass is 10.0. The van der Waals surface area contributed by atoms with Gasteiger partial charge >= 0.3 is 0 Å². The number of hydrogen-bond acceptors (Lipinski definition) is 6. The highest BCUT2D eigenvalue weighted by Crippen LogP contribution is 2.31. The van der Waals surface area contributed by atoms with Crippen LogP contribution in [0.25, 0.3) is 0 Å². The van der Waals surface area contributed by atoms with E-state index in [2.05, 4.69) is 20.5 Å². The summed E-state index contributed by atoms with van der Waals surface area (Å²) in [6, 6.07) is 3.36. The molecule has 3 rings (SSSR count). The van der Waals surface area contributed by atoms with E-state index in [1.165, 1.54) is 6.92 Å². The highest BCUT2D eigenvalue weighted by Gasteiger charge is 2.47. The van der Waals surface area contributed by atoms with Gasteiger partial charge in [-0.25, -0.2) is 4.98 Å². The number of aromatic nitrogens is 1. The zero-order valence-corrected chi connectivity index (χ0v) is 13.7. The van der Waals surface area contributed by atoms with Gasteiger partial charge in [-0.2, -0.15) is 0 Å². The van der Waals surface area contributed by atoms with Crippen molar-refractivity contribution in [2.75, 3.05) is 44.7 Å². The lowest BCUT2D eigenvalue weighted by Crippen LogP contribution is -2.59. The van der Waals surface area contributed by atoms with Crippen LogP contribution in [-0.2, 0) is 14.3 Å². The Bertz CT molecular complexity index is 618. The van der Waals surface area contributed by atoms with Crippen LogP contribution in [0.2, 0.25) is 0 Å². The number of hydrogen-bond donors (Lipinski definition) is 2. The number of amides is 2. The number of nitrogens with zero attached hydrogens (tertiary/aromatic N) is 2. The van der Waals surface area contributed by atoms with Gasteiger partial charge < -0.3 is 20.1 Å². The Morgan fingerprint density at radius 2 is 2.25 bits per heavy atom. The smallest absolute Gasteiger partial charge is 0.279 e. The zero-order chi connectivity index (χ0) is 17.0. The summed E-state index contributed by atoms with van der Waals surface area (Å²) in [5.74, 6) is -0.237. The minimum atomic E-state index is -1.59. The molecule has 2 N–H and O–H groups in total. The highest BCUT2D eigenvalue weighted by molar-refractivity contribution is 6.15. The highest BCUT2D eigenvalue weighted by atomic mass is 16.5. The molecule has 2 aliphatic rings. The summed E-state index contributed by atoms with van der Waals surface area (Å²) in [6.07, 6.45) is 2.36. The second-order valence-electron chi connectivity index (χ2n) is 6.00. The quantitative estimate of drug-likeness (QED) is 0.582. The third-order valence-corrected chi connectivity index (χ3v) is 4.22. The van der Waals surface area contributed by atoms with Crippen LogP contribution in [0, 0.1) is 0 Å². The molecule has 130 valence electrons. The molecule has 8 heteroatoms. The molecule has 0 aromatic carbocycles. The number of nitrogens with one attached hydrogen (secondary N) is 2. The molecule has 1 saturated heterocycles. The average molecular weight is 334 g/mol. The molecule has 0 saturated carbocycles. The van der Waals surface area contributed by atoms with E-state index < -0.39 is 17.4 Å². The van der Waals surface area contributed by atoms with E-state index >= 15 is 0 Å². The first-order valence-electron chi connectivity index (χ1n) is 8.13. The van der Waals surface area contributed by atoms with Crippen LogP contribution in [-0.4, -0.2) is 66.7 Å². The van der Waals surface area contributed by atoms with Crippen LogP contribution in [0.3, 0.4) is 0 Å². The van der Waals surface area contributed by atoms with Crippen LogP contribution in [0.15, 0.2) is 18.3 Å². The Morgan fingerprint density at radius 3 is 3.04 bits per heavy atom. The first-order chi connectivity index (χ1) is 11.6. The largest absolute Gasteiger partial charge is 0.464 e. The van der Waals surface area contributed by atoms with E-state index in [4.69, 9.17) is 9.47 Å². The molecule has 1 fully saturated rings. The fraction of sp³-hybridized carbons (Fsp3) is 0.562. The van der Waals surface area contributed by atoms with E-state index in [0.717, 1.165) is 39.3 Å². The van der Waals surface area contributed by atoms with Gasteiger partial charge in [0, 0.05) is 25.8 Å². The molecule has 8 nitrogen and oxygen atoms in total. The Morgan fingerprint density at radius 1 is 1.46 bits per heavy atom. The third-order valence-electron chi connectivity index (χ3n) is 4.22. The fourth-order valence-electron chi connectivity index (χ4n) is 2.71. The molecular formula is C16H22N4O4. The lowest BCUT2D eigenvalue weighted by Gasteiger charge is -2.32. The van der Waals surface area contributed by atoms with Gasteiger partial charge in [-0.05, 0) is 32.0 Å². The Hall–Kier alpha value is -2.19. The van der Waals surface area contributed by atoms with E-state index in [1.807, 2.05) is 0 Å². The molecule has 0 bridgehead atoms. The van der Waals surface area contributed by atoms with Crippen molar-refractivity contribution in [3.05, 3.63) is 18.3 Å². The summed E-state index contributed by atoms with van der Waals surface area (Å²) in [7, 11) is 0. The molecule has 2 aliphatic heterocycles. The zero-order valence-electron chi connectivity index (χ0n) is 13.7. The van der Waals surface area contributed by atoms with Crippen molar-refractivity contribution in [3.8, 4) is 5.75 Å². The number of morpholine rings is 1. The number of carbonyl (C=O) groups is 2. The summed E-state index contributed by atoms with van der Waals surface area (Å²) in [5, 5.41) is 5.41. The predicted octanol–water partition coefficient (Wildman–Crippen LogP) is 0.00970. The standard InChI is InChI=1S/C16H22N4O4/c1-16(15(22)19-13-12(24-16)4-2-5-17-13)14(21)18-6-3-7-20-8-10-23-11-9-20/h2,4-5H,3,6-11H2,1H3,(H,18,21)(H,17,19,22)/t16-/m0/s1. The van der Waals surface area contributed by atoms with Gasteiger partial charge in [0.05, 0.1) is 13.2 Å². The summed E-state index contributed by atoms with van der Waals surface area (Å²) in [4.78, 5) is 31.0. The molecule has 24 heavy (non-hydrogen) atoms. The van der Waals surface area contributed by atoms with Crippen molar-refractivity contribution < 1.29 is 19.1 Å². The molecule has 1 aromatic heterocycles. The first-order valence-corrected chi connectivity index (χ1v) is 8.13. The Balaban J connectivity index is 1.51. The fourth-order valence-corrected chi connectivity index (χ4v) is 2.71. The molecule has 0 spiro atoms. The van der Waals surface area contributed by atoms with Crippen molar-refractivity contribution in [2.24, 2.45) is 0 Å². The SMILES string of the molecule is C[C@@]1(C(=O)NCCCN2CCOCC2)Oc2cccnc2NC1=O. The van der Waals surface area contributed by atoms with Crippen LogP contribution in [0.5, 0.6) is 5.75 Å². The maximum absolute atomic E-state index is 12.4. The van der Waals surface area contributed by atoms with Gasteiger partial charge in [-0.1, -0.05) is 0 Å². The molecule has 1 aromatic rings. The second kappa shape index (κ2) is 7.14. The van der Waals surface area contributed by atoms with Gasteiger partial charge in [0.25, 0.3) is 17.4 Å². The van der Waals surface area contributed by atoms with Gasteiger partial charge in [0.2, 0.25) is 0 Å². The molecule has 2 amide bonds. The minimum Gasteiger partial charge on any atom is -0.464 e. The number of rotatable bonds is 5. The van der Waals surface area contributed by atoms with Crippen molar-refractivity contribution >= 4 is 17.6 Å². The molecular weight excluding hydrogens is 312 g/mol. The number of fused-ring (bicyclic) bond motifs is 1. The molecule has 0 unspecified atom stereocenters. The van der Waals surface area contributed by atoms with Gasteiger partial charge in [0.1, 0.15) is 0 Å². The molecule has 3 heterocycles. The molecule has 0 radical (unpaired) electrons. The maximum atomic E-state index is 12.4. The van der Waals surface area contributed by atoms with E-state index in [9.17, 15) is 9.59 Å². The van der Waals surface area contributed by atoms with Crippen molar-refractivity contribution in [1.29, 1.82) is 0 Å². The Kier molecular flexibility index (Phi) is 4.96. The third kappa shape index (κ3) is 3.49. The average Bonchev–Trinajstić information content (AvgIpc) is 2.60. The summed E-state index contributed by atoms with van der Waals surface area (Å²) >= 11 is 0. The number of pyridine rings is 1. The van der Waals surface area contributed by atoms with Crippen LogP contribution in [0.4, 0.5) is 5.82 Å². The van der Waals surface area contributed by atoms with Crippen molar-refractivity contribution in [3.63, 3.8) is 0 Å². The Labute approximate surface area is 140 Å². The predicted molar refractivity (Wildman–Crippen MR) is 86.8 cm³/mol. The van der Waals surface area contributed by atoms with Crippen LogP contribution >= 0.6 is 0 Å². The van der Waals surface area contributed by atoms with E-state index in [-0.39, 0.29) is 0 Å². The summed E-state index contributed by atoms with van der Waals surface area (Å²) in [5.41, 5.74) is -1.59. The van der Waals surface area contributed by atoms with Crippen LogP contribution in [0.1, 0.15) is 13.3 Å².